The average Bonchev–Trinajstić information content (AvgIpc) is 2.98. The molecule has 1 aromatic carbocycles. The molecule has 0 aliphatic carbocycles. The first-order chi connectivity index (χ1) is 20.2. The van der Waals surface area contributed by atoms with Gasteiger partial charge in [0, 0.05) is 11.1 Å². The molecule has 0 atom stereocenters. The van der Waals surface area contributed by atoms with Crippen molar-refractivity contribution in [1.29, 1.82) is 0 Å². The molecule has 2 nitrogen and oxygen atoms in total. The number of hydrogen-bond acceptors (Lipinski definition) is 2. The lowest BCUT2D eigenvalue weighted by atomic mass is 9.77. The second kappa shape index (κ2) is 23.2. The van der Waals surface area contributed by atoms with Crippen molar-refractivity contribution in [3.05, 3.63) is 23.3 Å². The molecular weight excluding hydrogens is 512 g/mol. The highest BCUT2D eigenvalue weighted by Gasteiger charge is 2.29. The smallest absolute Gasteiger partial charge is 0.123 e. The summed E-state index contributed by atoms with van der Waals surface area (Å²) in [6.45, 7) is 20.2. The maximum absolute atomic E-state index is 6.59. The van der Waals surface area contributed by atoms with Crippen molar-refractivity contribution >= 4 is 0 Å². The van der Waals surface area contributed by atoms with Crippen molar-refractivity contribution in [2.24, 2.45) is 0 Å². The molecule has 0 saturated carbocycles. The summed E-state index contributed by atoms with van der Waals surface area (Å²) in [4.78, 5) is 0. The van der Waals surface area contributed by atoms with Gasteiger partial charge in [0.15, 0.2) is 0 Å². The molecule has 0 N–H and O–H groups in total. The van der Waals surface area contributed by atoms with Gasteiger partial charge in [0.2, 0.25) is 0 Å². The van der Waals surface area contributed by atoms with E-state index in [1.807, 2.05) is 0 Å². The first-order valence-corrected chi connectivity index (χ1v) is 18.7. The van der Waals surface area contributed by atoms with Gasteiger partial charge in [-0.25, -0.2) is 0 Å². The van der Waals surface area contributed by atoms with Crippen molar-refractivity contribution in [2.75, 3.05) is 13.2 Å². The minimum Gasteiger partial charge on any atom is -0.493 e. The van der Waals surface area contributed by atoms with Gasteiger partial charge >= 0.3 is 0 Å². The highest BCUT2D eigenvalue weighted by Crippen LogP contribution is 2.43. The van der Waals surface area contributed by atoms with E-state index in [0.29, 0.717) is 0 Å². The van der Waals surface area contributed by atoms with E-state index in [1.165, 1.54) is 127 Å². The van der Waals surface area contributed by atoms with Crippen LogP contribution in [0.2, 0.25) is 0 Å². The van der Waals surface area contributed by atoms with E-state index < -0.39 is 0 Å². The fraction of sp³-hybridized carbons (Fsp3) is 0.850. The second-order valence-corrected chi connectivity index (χ2v) is 14.4. The predicted molar refractivity (Wildman–Crippen MR) is 188 cm³/mol. The van der Waals surface area contributed by atoms with Gasteiger partial charge in [-0.05, 0) is 48.6 Å². The molecule has 0 fully saturated rings. The fourth-order valence-electron chi connectivity index (χ4n) is 5.78. The Morgan fingerprint density at radius 3 is 0.929 bits per heavy atom. The van der Waals surface area contributed by atoms with Crippen LogP contribution >= 0.6 is 0 Å². The van der Waals surface area contributed by atoms with E-state index in [2.05, 4.69) is 67.5 Å². The Morgan fingerprint density at radius 1 is 0.405 bits per heavy atom. The van der Waals surface area contributed by atoms with Gasteiger partial charge in [-0.1, -0.05) is 171 Å². The highest BCUT2D eigenvalue weighted by atomic mass is 16.5. The van der Waals surface area contributed by atoms with E-state index in [0.717, 1.165) is 50.4 Å². The highest BCUT2D eigenvalue weighted by molar-refractivity contribution is 5.52. The SMILES string of the molecule is CCCCCCCCCCCCOc1cc(C(C)(C)CC)c(OCCCCCCCCCCCC)cc1C(C)(C)CC. The van der Waals surface area contributed by atoms with E-state index >= 15 is 0 Å². The number of ether oxygens (including phenoxy) is 2. The maximum atomic E-state index is 6.59. The molecule has 0 amide bonds. The molecule has 42 heavy (non-hydrogen) atoms. The van der Waals surface area contributed by atoms with Crippen LogP contribution in [0.5, 0.6) is 11.5 Å². The minimum absolute atomic E-state index is 0.0528. The number of unbranched alkanes of at least 4 members (excludes halogenated alkanes) is 18. The molecule has 0 aliphatic rings. The number of benzene rings is 1. The summed E-state index contributed by atoms with van der Waals surface area (Å²) < 4.78 is 13.2. The average molecular weight is 587 g/mol. The molecule has 1 rings (SSSR count). The van der Waals surface area contributed by atoms with Crippen LogP contribution in [0.15, 0.2) is 12.1 Å². The van der Waals surface area contributed by atoms with Crippen LogP contribution in [0.4, 0.5) is 0 Å². The lowest BCUT2D eigenvalue weighted by Gasteiger charge is -2.32. The maximum Gasteiger partial charge on any atom is 0.123 e. The third-order valence-corrected chi connectivity index (χ3v) is 9.82. The van der Waals surface area contributed by atoms with Gasteiger partial charge in [0.05, 0.1) is 13.2 Å². The zero-order valence-corrected chi connectivity index (χ0v) is 29.9. The standard InChI is InChI=1S/C40H74O2/c1-9-13-15-17-19-21-23-25-27-29-31-41-37-33-36(40(7,8)12-4)38(34-35(37)39(5,6)11-3)42-32-30-28-26-24-22-20-18-16-14-10-2/h33-34H,9-32H2,1-8H3. The summed E-state index contributed by atoms with van der Waals surface area (Å²) >= 11 is 0. The van der Waals surface area contributed by atoms with Crippen LogP contribution in [-0.4, -0.2) is 13.2 Å². The van der Waals surface area contributed by atoms with E-state index in [4.69, 9.17) is 9.47 Å². The first-order valence-electron chi connectivity index (χ1n) is 18.7. The Bertz CT molecular complexity index is 712. The van der Waals surface area contributed by atoms with Gasteiger partial charge in [-0.3, -0.25) is 0 Å². The topological polar surface area (TPSA) is 18.5 Å². The molecule has 2 heteroatoms. The fourth-order valence-corrected chi connectivity index (χ4v) is 5.78. The summed E-state index contributed by atoms with van der Waals surface area (Å²) in [5.74, 6) is 2.17. The lowest BCUT2D eigenvalue weighted by molar-refractivity contribution is 0.280. The molecule has 246 valence electrons. The number of hydrogen-bond donors (Lipinski definition) is 0. The third-order valence-electron chi connectivity index (χ3n) is 9.82. The molecule has 0 unspecified atom stereocenters. The molecule has 1 aromatic rings. The second-order valence-electron chi connectivity index (χ2n) is 14.4. The van der Waals surface area contributed by atoms with Crippen LogP contribution in [0.3, 0.4) is 0 Å². The zero-order valence-electron chi connectivity index (χ0n) is 29.9. The predicted octanol–water partition coefficient (Wildman–Crippen LogP) is 13.7. The van der Waals surface area contributed by atoms with Crippen LogP contribution in [0, 0.1) is 0 Å². The van der Waals surface area contributed by atoms with Crippen molar-refractivity contribution in [3.63, 3.8) is 0 Å². The van der Waals surface area contributed by atoms with Gasteiger partial charge in [-0.15, -0.1) is 0 Å². The Kier molecular flexibility index (Phi) is 21.5. The molecule has 0 bridgehead atoms. The normalized spacial score (nSPS) is 12.2. The monoisotopic (exact) mass is 587 g/mol. The molecule has 0 spiro atoms. The van der Waals surface area contributed by atoms with E-state index in [-0.39, 0.29) is 10.8 Å². The zero-order chi connectivity index (χ0) is 31.1. The Hall–Kier alpha value is -1.18. The largest absolute Gasteiger partial charge is 0.493 e. The molecular formula is C40H74O2. The molecule has 0 aliphatic heterocycles. The van der Waals surface area contributed by atoms with Crippen molar-refractivity contribution in [3.8, 4) is 11.5 Å². The van der Waals surface area contributed by atoms with Gasteiger partial charge < -0.3 is 9.47 Å². The third kappa shape index (κ3) is 16.0. The van der Waals surface area contributed by atoms with Gasteiger partial charge in [0.25, 0.3) is 0 Å². The molecule has 0 aromatic heterocycles. The Morgan fingerprint density at radius 2 is 0.667 bits per heavy atom. The van der Waals surface area contributed by atoms with Crippen LogP contribution < -0.4 is 9.47 Å². The van der Waals surface area contributed by atoms with E-state index in [1.54, 1.807) is 0 Å². The summed E-state index contributed by atoms with van der Waals surface area (Å²) in [6, 6.07) is 4.70. The van der Waals surface area contributed by atoms with Crippen molar-refractivity contribution in [2.45, 2.75) is 207 Å². The summed E-state index contributed by atoms with van der Waals surface area (Å²) in [5, 5.41) is 0. The van der Waals surface area contributed by atoms with Gasteiger partial charge in [0.1, 0.15) is 11.5 Å². The van der Waals surface area contributed by atoms with E-state index in [9.17, 15) is 0 Å². The van der Waals surface area contributed by atoms with Crippen LogP contribution in [0.1, 0.15) is 208 Å². The minimum atomic E-state index is 0.0528. The Labute approximate surface area is 264 Å². The molecule has 0 radical (unpaired) electrons. The number of rotatable bonds is 28. The quantitative estimate of drug-likeness (QED) is 0.0909. The Balaban J connectivity index is 2.70. The van der Waals surface area contributed by atoms with Crippen molar-refractivity contribution in [1.82, 2.24) is 0 Å². The first kappa shape index (κ1) is 38.8. The lowest BCUT2D eigenvalue weighted by Crippen LogP contribution is -2.22. The van der Waals surface area contributed by atoms with Crippen molar-refractivity contribution < 1.29 is 9.47 Å². The summed E-state index contributed by atoms with van der Waals surface area (Å²) in [5.41, 5.74) is 2.73. The van der Waals surface area contributed by atoms with Gasteiger partial charge in [-0.2, -0.15) is 0 Å². The summed E-state index contributed by atoms with van der Waals surface area (Å²) in [7, 11) is 0. The molecule has 0 saturated heterocycles. The van der Waals surface area contributed by atoms with Crippen LogP contribution in [-0.2, 0) is 10.8 Å². The summed E-state index contributed by atoms with van der Waals surface area (Å²) in [6.07, 6.45) is 29.2. The molecule has 0 heterocycles. The van der Waals surface area contributed by atoms with Crippen LogP contribution in [0.25, 0.3) is 0 Å².